The summed E-state index contributed by atoms with van der Waals surface area (Å²) in [6, 6.07) is 12.8. The molecule has 186 valence electrons. The molecule has 4 amide bonds. The van der Waals surface area contributed by atoms with E-state index in [4.69, 9.17) is 9.84 Å². The molecule has 2 atom stereocenters. The number of amides is 4. The molecule has 2 aromatic carbocycles. The predicted octanol–water partition coefficient (Wildman–Crippen LogP) is 3.43. The highest BCUT2D eigenvalue weighted by Gasteiger charge is 2.51. The number of hydrogen-bond donors (Lipinski definition) is 3. The van der Waals surface area contributed by atoms with Gasteiger partial charge in [-0.2, -0.15) is 0 Å². The molecule has 2 heterocycles. The van der Waals surface area contributed by atoms with Crippen LogP contribution >= 0.6 is 11.3 Å². The Labute approximate surface area is 210 Å². The minimum atomic E-state index is -1.27. The molecule has 1 fully saturated rings. The summed E-state index contributed by atoms with van der Waals surface area (Å²) in [5, 5.41) is 15.8. The van der Waals surface area contributed by atoms with Crippen LogP contribution in [0.15, 0.2) is 60.0 Å². The monoisotopic (exact) mass is 508 g/mol. The molecule has 1 aromatic heterocycles. The van der Waals surface area contributed by atoms with E-state index >= 15 is 0 Å². The van der Waals surface area contributed by atoms with Gasteiger partial charge in [-0.25, -0.2) is 19.5 Å². The second-order valence-corrected chi connectivity index (χ2v) is 9.54. The Balaban J connectivity index is 1.71. The number of urea groups is 1. The molecule has 0 bridgehead atoms. The second-order valence-electron chi connectivity index (χ2n) is 8.69. The van der Waals surface area contributed by atoms with Gasteiger partial charge in [0.05, 0.1) is 7.11 Å². The number of carboxylic acids is 1. The third-order valence-electron chi connectivity index (χ3n) is 6.08. The number of thiazole rings is 1. The summed E-state index contributed by atoms with van der Waals surface area (Å²) in [4.78, 5) is 56.4. The van der Waals surface area contributed by atoms with Crippen LogP contribution in [0.25, 0.3) is 0 Å². The molecule has 11 heteroatoms. The van der Waals surface area contributed by atoms with Gasteiger partial charge in [0.15, 0.2) is 10.8 Å². The lowest BCUT2D eigenvalue weighted by Crippen LogP contribution is -2.57. The van der Waals surface area contributed by atoms with Gasteiger partial charge in [-0.1, -0.05) is 56.3 Å². The first-order chi connectivity index (χ1) is 17.1. The maximum atomic E-state index is 13.6. The quantitative estimate of drug-likeness (QED) is 0.396. The smallest absolute Gasteiger partial charge is 0.355 e. The Morgan fingerprint density at radius 1 is 1.14 bits per heavy atom. The number of aromatic nitrogens is 1. The van der Waals surface area contributed by atoms with Gasteiger partial charge in [-0.15, -0.1) is 11.3 Å². The SMILES string of the molecule is COc1ccc([C@H]2NC(=O)N([C@H](C(=O)Nc3nc(C(=O)O)cs3)C(C)(C)c3ccccc3)C2=O)cc1. The average Bonchev–Trinajstić information content (AvgIpc) is 3.45. The molecule has 3 aromatic rings. The van der Waals surface area contributed by atoms with Crippen LogP contribution in [0.5, 0.6) is 5.75 Å². The number of carbonyl (C=O) groups excluding carboxylic acids is 3. The van der Waals surface area contributed by atoms with E-state index in [0.717, 1.165) is 21.8 Å². The van der Waals surface area contributed by atoms with Crippen molar-refractivity contribution >= 4 is 40.3 Å². The zero-order chi connectivity index (χ0) is 26.0. The van der Waals surface area contributed by atoms with Crippen molar-refractivity contribution < 1.29 is 29.0 Å². The highest BCUT2D eigenvalue weighted by Crippen LogP contribution is 2.35. The number of anilines is 1. The molecule has 0 saturated carbocycles. The fraction of sp³-hybridized carbons (Fsp3) is 0.240. The van der Waals surface area contributed by atoms with Gasteiger partial charge >= 0.3 is 12.0 Å². The molecule has 1 aliphatic heterocycles. The number of rotatable bonds is 8. The van der Waals surface area contributed by atoms with Crippen LogP contribution in [0.4, 0.5) is 9.93 Å². The van der Waals surface area contributed by atoms with Gasteiger partial charge in [0, 0.05) is 10.8 Å². The third kappa shape index (κ3) is 4.65. The minimum Gasteiger partial charge on any atom is -0.497 e. The lowest BCUT2D eigenvalue weighted by atomic mass is 9.76. The number of hydrogen-bond acceptors (Lipinski definition) is 7. The largest absolute Gasteiger partial charge is 0.497 e. The zero-order valence-electron chi connectivity index (χ0n) is 19.7. The molecule has 36 heavy (non-hydrogen) atoms. The molecule has 0 spiro atoms. The number of carbonyl (C=O) groups is 4. The lowest BCUT2D eigenvalue weighted by molar-refractivity contribution is -0.136. The fourth-order valence-corrected chi connectivity index (χ4v) is 4.84. The Bertz CT molecular complexity index is 1310. The normalized spacial score (nSPS) is 16.4. The van der Waals surface area contributed by atoms with Crippen molar-refractivity contribution in [1.29, 1.82) is 0 Å². The van der Waals surface area contributed by atoms with Crippen LogP contribution in [-0.4, -0.2) is 52.0 Å². The summed E-state index contributed by atoms with van der Waals surface area (Å²) in [5.41, 5.74) is 0.0344. The maximum Gasteiger partial charge on any atom is 0.355 e. The number of ether oxygens (including phenoxy) is 1. The Morgan fingerprint density at radius 2 is 1.81 bits per heavy atom. The lowest BCUT2D eigenvalue weighted by Gasteiger charge is -2.37. The zero-order valence-corrected chi connectivity index (χ0v) is 20.5. The molecule has 10 nitrogen and oxygen atoms in total. The van der Waals surface area contributed by atoms with Crippen LogP contribution in [0.3, 0.4) is 0 Å². The average molecular weight is 509 g/mol. The molecule has 4 rings (SSSR count). The minimum absolute atomic E-state index is 0.0463. The van der Waals surface area contributed by atoms with Crippen LogP contribution in [-0.2, 0) is 15.0 Å². The first-order valence-corrected chi connectivity index (χ1v) is 11.8. The first-order valence-electron chi connectivity index (χ1n) is 11.0. The van der Waals surface area contributed by atoms with E-state index < -0.39 is 41.3 Å². The molecule has 1 saturated heterocycles. The summed E-state index contributed by atoms with van der Waals surface area (Å²) in [6.45, 7) is 3.52. The molecular weight excluding hydrogens is 484 g/mol. The van der Waals surface area contributed by atoms with E-state index in [1.165, 1.54) is 12.5 Å². The van der Waals surface area contributed by atoms with E-state index in [1.54, 1.807) is 50.2 Å². The fourth-order valence-electron chi connectivity index (χ4n) is 4.16. The summed E-state index contributed by atoms with van der Waals surface area (Å²) in [6.07, 6.45) is 0. The van der Waals surface area contributed by atoms with Gasteiger partial charge in [0.1, 0.15) is 17.8 Å². The Hall–Kier alpha value is -4.25. The van der Waals surface area contributed by atoms with Crippen LogP contribution < -0.4 is 15.4 Å². The predicted molar refractivity (Wildman–Crippen MR) is 132 cm³/mol. The van der Waals surface area contributed by atoms with Crippen molar-refractivity contribution in [3.8, 4) is 5.75 Å². The van der Waals surface area contributed by atoms with Gasteiger partial charge in [0.2, 0.25) is 5.91 Å². The number of carboxylic acid groups (broad SMARTS) is 1. The molecule has 0 radical (unpaired) electrons. The van der Waals surface area contributed by atoms with Gasteiger partial charge in [-0.3, -0.25) is 9.59 Å². The number of methoxy groups -OCH3 is 1. The number of nitrogens with zero attached hydrogens (tertiary/aromatic N) is 2. The number of imide groups is 1. The van der Waals surface area contributed by atoms with Crippen molar-refractivity contribution in [1.82, 2.24) is 15.2 Å². The maximum absolute atomic E-state index is 13.6. The standard InChI is InChI=1S/C25H24N4O6S/c1-25(2,15-7-5-4-6-8-15)19(20(30)28-23-26-17(13-36-23)22(32)33)29-21(31)18(27-24(29)34)14-9-11-16(35-3)12-10-14/h4-13,18-19H,1-3H3,(H,27,34)(H,32,33)(H,26,28,30)/t18-,19-/m1/s1. The van der Waals surface area contributed by atoms with Gasteiger partial charge in [0.25, 0.3) is 5.91 Å². The Morgan fingerprint density at radius 3 is 2.39 bits per heavy atom. The first kappa shape index (κ1) is 24.9. The Kier molecular flexibility index (Phi) is 6.75. The number of nitrogens with one attached hydrogen (secondary N) is 2. The highest BCUT2D eigenvalue weighted by molar-refractivity contribution is 7.14. The summed E-state index contributed by atoms with van der Waals surface area (Å²) in [7, 11) is 1.52. The molecule has 0 aliphatic carbocycles. The molecular formula is C25H24N4O6S. The summed E-state index contributed by atoms with van der Waals surface area (Å²) < 4.78 is 5.16. The van der Waals surface area contributed by atoms with Crippen molar-refractivity contribution in [3.05, 3.63) is 76.8 Å². The van der Waals surface area contributed by atoms with Crippen molar-refractivity contribution in [2.24, 2.45) is 0 Å². The molecule has 0 unspecified atom stereocenters. The van der Waals surface area contributed by atoms with Crippen molar-refractivity contribution in [2.45, 2.75) is 31.3 Å². The van der Waals surface area contributed by atoms with E-state index in [1.807, 2.05) is 18.2 Å². The van der Waals surface area contributed by atoms with Crippen LogP contribution in [0.2, 0.25) is 0 Å². The van der Waals surface area contributed by atoms with Crippen LogP contribution in [0, 0.1) is 0 Å². The van der Waals surface area contributed by atoms with Crippen molar-refractivity contribution in [2.75, 3.05) is 12.4 Å². The highest BCUT2D eigenvalue weighted by atomic mass is 32.1. The van der Waals surface area contributed by atoms with E-state index in [2.05, 4.69) is 15.6 Å². The third-order valence-corrected chi connectivity index (χ3v) is 6.84. The molecule has 3 N–H and O–H groups in total. The molecule has 1 aliphatic rings. The van der Waals surface area contributed by atoms with E-state index in [0.29, 0.717) is 11.3 Å². The summed E-state index contributed by atoms with van der Waals surface area (Å²) in [5.74, 6) is -1.89. The van der Waals surface area contributed by atoms with Gasteiger partial charge in [-0.05, 0) is 23.3 Å². The summed E-state index contributed by atoms with van der Waals surface area (Å²) >= 11 is 0.935. The van der Waals surface area contributed by atoms with E-state index in [-0.39, 0.29) is 10.8 Å². The second kappa shape index (κ2) is 9.78. The van der Waals surface area contributed by atoms with E-state index in [9.17, 15) is 19.2 Å². The van der Waals surface area contributed by atoms with Crippen molar-refractivity contribution in [3.63, 3.8) is 0 Å². The number of benzene rings is 2. The topological polar surface area (TPSA) is 138 Å². The van der Waals surface area contributed by atoms with Crippen LogP contribution in [0.1, 0.15) is 41.5 Å². The van der Waals surface area contributed by atoms with Gasteiger partial charge < -0.3 is 20.5 Å². The number of aromatic carboxylic acids is 1.